The van der Waals surface area contributed by atoms with Crippen LogP contribution in [0.15, 0.2) is 11.4 Å². The number of hydrogen-bond donors (Lipinski definition) is 2. The molecule has 2 rings (SSSR count). The molecule has 0 aromatic carbocycles. The third-order valence-corrected chi connectivity index (χ3v) is 3.84. The molecule has 1 heterocycles. The average Bonchev–Trinajstić information content (AvgIpc) is 2.74. The van der Waals surface area contributed by atoms with Crippen molar-refractivity contribution in [2.75, 3.05) is 13.6 Å². The Labute approximate surface area is 93.9 Å². The van der Waals surface area contributed by atoms with Gasteiger partial charge in [-0.1, -0.05) is 0 Å². The van der Waals surface area contributed by atoms with Crippen LogP contribution in [0.5, 0.6) is 0 Å². The fourth-order valence-electron chi connectivity index (χ4n) is 2.00. The minimum atomic E-state index is 0.0531. The summed E-state index contributed by atoms with van der Waals surface area (Å²) in [5.74, 6) is 0.0531. The van der Waals surface area contributed by atoms with E-state index in [1.54, 1.807) is 7.05 Å². The number of aryl methyl sites for hydroxylation is 1. The van der Waals surface area contributed by atoms with Crippen molar-refractivity contribution >= 4 is 17.2 Å². The van der Waals surface area contributed by atoms with E-state index in [-0.39, 0.29) is 5.91 Å². The fourth-order valence-corrected chi connectivity index (χ4v) is 2.99. The largest absolute Gasteiger partial charge is 0.358 e. The van der Waals surface area contributed by atoms with Gasteiger partial charge in [0.1, 0.15) is 0 Å². The summed E-state index contributed by atoms with van der Waals surface area (Å²) in [5, 5.41) is 8.08. The predicted molar refractivity (Wildman–Crippen MR) is 62.1 cm³/mol. The summed E-state index contributed by atoms with van der Waals surface area (Å²) in [6, 6.07) is 2.55. The van der Waals surface area contributed by atoms with Gasteiger partial charge in [0, 0.05) is 18.0 Å². The Balaban J connectivity index is 1.97. The van der Waals surface area contributed by atoms with Crippen LogP contribution in [0.1, 0.15) is 29.3 Å². The van der Waals surface area contributed by atoms with Gasteiger partial charge < -0.3 is 10.6 Å². The van der Waals surface area contributed by atoms with E-state index >= 15 is 0 Å². The van der Waals surface area contributed by atoms with Crippen LogP contribution >= 0.6 is 11.3 Å². The SMILES string of the molecule is CNC(=O)CNC1CCCc2sccc21. The summed E-state index contributed by atoms with van der Waals surface area (Å²) in [7, 11) is 1.67. The Morgan fingerprint density at radius 1 is 1.67 bits per heavy atom. The summed E-state index contributed by atoms with van der Waals surface area (Å²) in [4.78, 5) is 12.6. The minimum Gasteiger partial charge on any atom is -0.358 e. The lowest BCUT2D eigenvalue weighted by Gasteiger charge is -2.23. The van der Waals surface area contributed by atoms with Gasteiger partial charge in [-0.15, -0.1) is 11.3 Å². The average molecular weight is 224 g/mol. The van der Waals surface area contributed by atoms with E-state index in [0.29, 0.717) is 12.6 Å². The van der Waals surface area contributed by atoms with Crippen molar-refractivity contribution in [1.29, 1.82) is 0 Å². The molecule has 1 unspecified atom stereocenters. The molecule has 1 aliphatic rings. The molecular weight excluding hydrogens is 208 g/mol. The summed E-state index contributed by atoms with van der Waals surface area (Å²) < 4.78 is 0. The number of likely N-dealkylation sites (N-methyl/N-ethyl adjacent to an activating group) is 1. The molecule has 0 bridgehead atoms. The molecule has 0 spiro atoms. The van der Waals surface area contributed by atoms with E-state index in [4.69, 9.17) is 0 Å². The first-order chi connectivity index (χ1) is 7.31. The van der Waals surface area contributed by atoms with Gasteiger partial charge in [-0.3, -0.25) is 4.79 Å². The Hall–Kier alpha value is -0.870. The van der Waals surface area contributed by atoms with Crippen LogP contribution in [-0.4, -0.2) is 19.5 Å². The monoisotopic (exact) mass is 224 g/mol. The minimum absolute atomic E-state index is 0.0531. The number of fused-ring (bicyclic) bond motifs is 1. The lowest BCUT2D eigenvalue weighted by Crippen LogP contribution is -2.34. The number of amides is 1. The quantitative estimate of drug-likeness (QED) is 0.816. The van der Waals surface area contributed by atoms with Gasteiger partial charge >= 0.3 is 0 Å². The van der Waals surface area contributed by atoms with Crippen molar-refractivity contribution in [3.8, 4) is 0 Å². The normalized spacial score (nSPS) is 19.7. The second-order valence-electron chi connectivity index (χ2n) is 3.80. The zero-order valence-corrected chi connectivity index (χ0v) is 9.69. The molecule has 1 atom stereocenters. The van der Waals surface area contributed by atoms with E-state index in [0.717, 1.165) is 6.42 Å². The van der Waals surface area contributed by atoms with Crippen molar-refractivity contribution in [2.24, 2.45) is 0 Å². The maximum Gasteiger partial charge on any atom is 0.233 e. The van der Waals surface area contributed by atoms with E-state index in [2.05, 4.69) is 22.1 Å². The number of carbonyl (C=O) groups excluding carboxylic acids is 1. The van der Waals surface area contributed by atoms with Crippen molar-refractivity contribution in [3.05, 3.63) is 21.9 Å². The molecule has 1 aromatic heterocycles. The first-order valence-corrected chi connectivity index (χ1v) is 6.19. The summed E-state index contributed by atoms with van der Waals surface area (Å²) in [6.07, 6.45) is 3.56. The predicted octanol–water partition coefficient (Wildman–Crippen LogP) is 1.46. The number of carbonyl (C=O) groups is 1. The lowest BCUT2D eigenvalue weighted by atomic mass is 9.94. The second-order valence-corrected chi connectivity index (χ2v) is 4.80. The molecule has 0 saturated heterocycles. The molecule has 2 N–H and O–H groups in total. The molecule has 15 heavy (non-hydrogen) atoms. The number of thiophene rings is 1. The highest BCUT2D eigenvalue weighted by Crippen LogP contribution is 2.32. The molecular formula is C11H16N2OS. The maximum absolute atomic E-state index is 11.1. The molecule has 1 aliphatic carbocycles. The van der Waals surface area contributed by atoms with Crippen molar-refractivity contribution in [1.82, 2.24) is 10.6 Å². The number of hydrogen-bond acceptors (Lipinski definition) is 3. The Morgan fingerprint density at radius 2 is 2.53 bits per heavy atom. The van der Waals surface area contributed by atoms with E-state index in [1.807, 2.05) is 11.3 Å². The smallest absolute Gasteiger partial charge is 0.233 e. The highest BCUT2D eigenvalue weighted by Gasteiger charge is 2.20. The van der Waals surface area contributed by atoms with Crippen LogP contribution in [0, 0.1) is 0 Å². The van der Waals surface area contributed by atoms with Crippen LogP contribution in [0.3, 0.4) is 0 Å². The zero-order valence-electron chi connectivity index (χ0n) is 8.88. The zero-order chi connectivity index (χ0) is 10.7. The van der Waals surface area contributed by atoms with Gasteiger partial charge in [-0.25, -0.2) is 0 Å². The molecule has 82 valence electrons. The van der Waals surface area contributed by atoms with E-state index in [1.165, 1.54) is 23.3 Å². The second kappa shape index (κ2) is 4.77. The Morgan fingerprint density at radius 3 is 3.33 bits per heavy atom. The lowest BCUT2D eigenvalue weighted by molar-refractivity contribution is -0.119. The number of rotatable bonds is 3. The molecule has 1 aromatic rings. The van der Waals surface area contributed by atoms with Crippen LogP contribution in [0.2, 0.25) is 0 Å². The Bertz CT molecular complexity index is 348. The molecule has 0 fully saturated rings. The van der Waals surface area contributed by atoms with Gasteiger partial charge in [0.2, 0.25) is 5.91 Å². The number of nitrogens with one attached hydrogen (secondary N) is 2. The van der Waals surface area contributed by atoms with Crippen molar-refractivity contribution in [3.63, 3.8) is 0 Å². The van der Waals surface area contributed by atoms with Gasteiger partial charge in [0.15, 0.2) is 0 Å². The van der Waals surface area contributed by atoms with Crippen molar-refractivity contribution in [2.45, 2.75) is 25.3 Å². The molecule has 3 nitrogen and oxygen atoms in total. The summed E-state index contributed by atoms with van der Waals surface area (Å²) in [6.45, 7) is 0.413. The third-order valence-electron chi connectivity index (χ3n) is 2.84. The molecule has 0 saturated carbocycles. The van der Waals surface area contributed by atoms with Crippen molar-refractivity contribution < 1.29 is 4.79 Å². The van der Waals surface area contributed by atoms with Gasteiger partial charge in [0.05, 0.1) is 6.54 Å². The Kier molecular flexibility index (Phi) is 3.38. The van der Waals surface area contributed by atoms with Gasteiger partial charge in [-0.2, -0.15) is 0 Å². The summed E-state index contributed by atoms with van der Waals surface area (Å²) >= 11 is 1.83. The van der Waals surface area contributed by atoms with Gasteiger partial charge in [-0.05, 0) is 36.3 Å². The van der Waals surface area contributed by atoms with E-state index in [9.17, 15) is 4.79 Å². The molecule has 4 heteroatoms. The summed E-state index contributed by atoms with van der Waals surface area (Å²) in [5.41, 5.74) is 1.40. The topological polar surface area (TPSA) is 41.1 Å². The van der Waals surface area contributed by atoms with Crippen LogP contribution < -0.4 is 10.6 Å². The molecule has 0 aliphatic heterocycles. The van der Waals surface area contributed by atoms with Crippen LogP contribution in [-0.2, 0) is 11.2 Å². The first-order valence-electron chi connectivity index (χ1n) is 5.31. The third kappa shape index (κ3) is 2.38. The van der Waals surface area contributed by atoms with Gasteiger partial charge in [0.25, 0.3) is 0 Å². The highest BCUT2D eigenvalue weighted by atomic mass is 32.1. The highest BCUT2D eigenvalue weighted by molar-refractivity contribution is 7.10. The standard InChI is InChI=1S/C11H16N2OS/c1-12-11(14)7-13-9-3-2-4-10-8(9)5-6-15-10/h5-6,9,13H,2-4,7H2,1H3,(H,12,14). The molecule has 0 radical (unpaired) electrons. The van der Waals surface area contributed by atoms with E-state index < -0.39 is 0 Å². The first kappa shape index (κ1) is 10.6. The van der Waals surface area contributed by atoms with Crippen LogP contribution in [0.4, 0.5) is 0 Å². The van der Waals surface area contributed by atoms with Crippen LogP contribution in [0.25, 0.3) is 0 Å². The maximum atomic E-state index is 11.1. The molecule has 1 amide bonds. The fraction of sp³-hybridized carbons (Fsp3) is 0.545.